The van der Waals surface area contributed by atoms with Gasteiger partial charge < -0.3 is 15.0 Å². The molecule has 0 aromatic heterocycles. The predicted octanol–water partition coefficient (Wildman–Crippen LogP) is 2.65. The van der Waals surface area contributed by atoms with Crippen molar-refractivity contribution in [2.75, 3.05) is 27.2 Å². The molecule has 1 amide bonds. The summed E-state index contributed by atoms with van der Waals surface area (Å²) in [5, 5.41) is 3.18. The molecule has 1 N–H and O–H groups in total. The zero-order chi connectivity index (χ0) is 15.1. The molecule has 1 heterocycles. The molecule has 1 atom stereocenters. The van der Waals surface area contributed by atoms with Crippen molar-refractivity contribution in [2.24, 2.45) is 0 Å². The van der Waals surface area contributed by atoms with Crippen LogP contribution in [-0.4, -0.2) is 44.1 Å². The number of halogens is 1. The highest BCUT2D eigenvalue weighted by molar-refractivity contribution is 5.85. The number of hydrogen-bond acceptors (Lipinski definition) is 3. The molecule has 1 unspecified atom stereocenters. The lowest BCUT2D eigenvalue weighted by molar-refractivity contribution is -0.132. The minimum Gasteiger partial charge on any atom is -0.497 e. The van der Waals surface area contributed by atoms with E-state index >= 15 is 0 Å². The minimum absolute atomic E-state index is 0. The Balaban J connectivity index is 0.00000242. The van der Waals surface area contributed by atoms with Gasteiger partial charge in [0, 0.05) is 25.6 Å². The van der Waals surface area contributed by atoms with E-state index in [4.69, 9.17) is 4.74 Å². The van der Waals surface area contributed by atoms with Crippen LogP contribution in [0.1, 0.15) is 31.2 Å². The summed E-state index contributed by atoms with van der Waals surface area (Å²) >= 11 is 0. The Kier molecular flexibility index (Phi) is 8.28. The second-order valence-corrected chi connectivity index (χ2v) is 5.64. The van der Waals surface area contributed by atoms with E-state index < -0.39 is 0 Å². The molecule has 1 aromatic rings. The van der Waals surface area contributed by atoms with Gasteiger partial charge in [0.15, 0.2) is 0 Å². The zero-order valence-corrected chi connectivity index (χ0v) is 14.3. The number of rotatable bonds is 7. The molecule has 1 aromatic carbocycles. The predicted molar refractivity (Wildman–Crippen MR) is 91.8 cm³/mol. The molecule has 0 saturated carbocycles. The van der Waals surface area contributed by atoms with Crippen molar-refractivity contribution in [3.05, 3.63) is 29.8 Å². The van der Waals surface area contributed by atoms with Gasteiger partial charge in [-0.05, 0) is 50.4 Å². The Bertz CT molecular complexity index is 450. The number of hydrogen-bond donors (Lipinski definition) is 1. The summed E-state index contributed by atoms with van der Waals surface area (Å²) in [6, 6.07) is 8.48. The fourth-order valence-electron chi connectivity index (χ4n) is 2.99. The number of nitrogens with one attached hydrogen (secondary N) is 1. The molecule has 0 aliphatic carbocycles. The van der Waals surface area contributed by atoms with Crippen LogP contribution in [0.15, 0.2) is 24.3 Å². The molecule has 124 valence electrons. The van der Waals surface area contributed by atoms with Crippen LogP contribution in [-0.2, 0) is 11.2 Å². The molecular weight excluding hydrogens is 300 g/mol. The Morgan fingerprint density at radius 1 is 1.36 bits per heavy atom. The molecule has 22 heavy (non-hydrogen) atoms. The number of carbonyl (C=O) groups is 1. The highest BCUT2D eigenvalue weighted by Gasteiger charge is 2.27. The van der Waals surface area contributed by atoms with Crippen LogP contribution in [0.25, 0.3) is 0 Å². The van der Waals surface area contributed by atoms with Gasteiger partial charge in [-0.3, -0.25) is 4.79 Å². The van der Waals surface area contributed by atoms with Crippen molar-refractivity contribution in [3.63, 3.8) is 0 Å². The number of likely N-dealkylation sites (N-methyl/N-ethyl adjacent to an activating group) is 1. The Morgan fingerprint density at radius 2 is 2.09 bits per heavy atom. The number of nitrogens with zero attached hydrogens (tertiary/aromatic N) is 1. The first-order valence-corrected chi connectivity index (χ1v) is 7.81. The van der Waals surface area contributed by atoms with Gasteiger partial charge in [-0.1, -0.05) is 12.1 Å². The van der Waals surface area contributed by atoms with Crippen LogP contribution in [0.3, 0.4) is 0 Å². The van der Waals surface area contributed by atoms with E-state index in [0.717, 1.165) is 44.5 Å². The Labute approximate surface area is 139 Å². The van der Waals surface area contributed by atoms with Gasteiger partial charge in [-0.15, -0.1) is 12.4 Å². The number of amides is 1. The van der Waals surface area contributed by atoms with Gasteiger partial charge in [-0.25, -0.2) is 0 Å². The molecular formula is C17H27ClN2O2. The Hall–Kier alpha value is -1.26. The van der Waals surface area contributed by atoms with Crippen molar-refractivity contribution in [2.45, 2.75) is 38.1 Å². The number of carbonyl (C=O) groups excluding carboxylic acids is 1. The fourth-order valence-corrected chi connectivity index (χ4v) is 2.99. The normalized spacial score (nSPS) is 17.2. The van der Waals surface area contributed by atoms with Crippen LogP contribution >= 0.6 is 12.4 Å². The van der Waals surface area contributed by atoms with Gasteiger partial charge >= 0.3 is 0 Å². The SMILES string of the molecule is CNCC1CCCN1C(=O)CCCc1ccc(OC)cc1.Cl. The van der Waals surface area contributed by atoms with Crippen LogP contribution < -0.4 is 10.1 Å². The summed E-state index contributed by atoms with van der Waals surface area (Å²) in [6.07, 6.45) is 4.77. The highest BCUT2D eigenvalue weighted by atomic mass is 35.5. The average molecular weight is 327 g/mol. The summed E-state index contributed by atoms with van der Waals surface area (Å²) in [5.74, 6) is 1.18. The molecule has 1 saturated heterocycles. The molecule has 4 nitrogen and oxygen atoms in total. The average Bonchev–Trinajstić information content (AvgIpc) is 2.96. The Morgan fingerprint density at radius 3 is 2.73 bits per heavy atom. The quantitative estimate of drug-likeness (QED) is 0.837. The van der Waals surface area contributed by atoms with Gasteiger partial charge in [-0.2, -0.15) is 0 Å². The van der Waals surface area contributed by atoms with Crippen molar-refractivity contribution < 1.29 is 9.53 Å². The van der Waals surface area contributed by atoms with Gasteiger partial charge in [0.05, 0.1) is 7.11 Å². The standard InChI is InChI=1S/C17H26N2O2.ClH/c1-18-13-15-6-4-12-19(15)17(20)7-3-5-14-8-10-16(21-2)11-9-14;/h8-11,15,18H,3-7,12-13H2,1-2H3;1H. The van der Waals surface area contributed by atoms with Crippen LogP contribution in [0.4, 0.5) is 0 Å². The van der Waals surface area contributed by atoms with E-state index in [9.17, 15) is 4.79 Å². The van der Waals surface area contributed by atoms with Crippen LogP contribution in [0.5, 0.6) is 5.75 Å². The number of ether oxygens (including phenoxy) is 1. The monoisotopic (exact) mass is 326 g/mol. The van der Waals surface area contributed by atoms with Gasteiger partial charge in [0.25, 0.3) is 0 Å². The van der Waals surface area contributed by atoms with E-state index in [1.807, 2.05) is 19.2 Å². The third-order valence-corrected chi connectivity index (χ3v) is 4.15. The summed E-state index contributed by atoms with van der Waals surface area (Å²) in [4.78, 5) is 14.4. The maximum atomic E-state index is 12.3. The first-order valence-electron chi connectivity index (χ1n) is 7.81. The molecule has 0 bridgehead atoms. The number of benzene rings is 1. The topological polar surface area (TPSA) is 41.6 Å². The summed E-state index contributed by atoms with van der Waals surface area (Å²) in [6.45, 7) is 1.83. The zero-order valence-electron chi connectivity index (χ0n) is 13.5. The van der Waals surface area contributed by atoms with Crippen molar-refractivity contribution >= 4 is 18.3 Å². The number of methoxy groups -OCH3 is 1. The van der Waals surface area contributed by atoms with Crippen molar-refractivity contribution in [3.8, 4) is 5.75 Å². The van der Waals surface area contributed by atoms with Crippen molar-refractivity contribution in [1.29, 1.82) is 0 Å². The molecule has 1 aliphatic rings. The van der Waals surface area contributed by atoms with Crippen LogP contribution in [0.2, 0.25) is 0 Å². The molecule has 0 spiro atoms. The number of aryl methyl sites for hydroxylation is 1. The van der Waals surface area contributed by atoms with E-state index in [-0.39, 0.29) is 12.4 Å². The smallest absolute Gasteiger partial charge is 0.222 e. The molecule has 1 fully saturated rings. The highest BCUT2D eigenvalue weighted by Crippen LogP contribution is 2.19. The number of likely N-dealkylation sites (tertiary alicyclic amines) is 1. The molecule has 5 heteroatoms. The lowest BCUT2D eigenvalue weighted by atomic mass is 10.1. The van der Waals surface area contributed by atoms with E-state index in [0.29, 0.717) is 18.4 Å². The minimum atomic E-state index is 0. The summed E-state index contributed by atoms with van der Waals surface area (Å²) in [7, 11) is 3.62. The third-order valence-electron chi connectivity index (χ3n) is 4.15. The largest absolute Gasteiger partial charge is 0.497 e. The second-order valence-electron chi connectivity index (χ2n) is 5.64. The summed E-state index contributed by atoms with van der Waals surface area (Å²) in [5.41, 5.74) is 1.26. The molecule has 0 radical (unpaired) electrons. The fraction of sp³-hybridized carbons (Fsp3) is 0.588. The van der Waals surface area contributed by atoms with Gasteiger partial charge in [0.2, 0.25) is 5.91 Å². The maximum Gasteiger partial charge on any atom is 0.222 e. The first kappa shape index (κ1) is 18.8. The van der Waals surface area contributed by atoms with E-state index in [1.54, 1.807) is 7.11 Å². The maximum absolute atomic E-state index is 12.3. The molecule has 1 aliphatic heterocycles. The van der Waals surface area contributed by atoms with E-state index in [2.05, 4.69) is 22.3 Å². The lowest BCUT2D eigenvalue weighted by Crippen LogP contribution is -2.40. The van der Waals surface area contributed by atoms with Gasteiger partial charge in [0.1, 0.15) is 5.75 Å². The third kappa shape index (κ3) is 5.18. The summed E-state index contributed by atoms with van der Waals surface area (Å²) < 4.78 is 5.15. The lowest BCUT2D eigenvalue weighted by Gasteiger charge is -2.24. The van der Waals surface area contributed by atoms with Crippen molar-refractivity contribution in [1.82, 2.24) is 10.2 Å². The first-order chi connectivity index (χ1) is 10.2. The molecule has 2 rings (SSSR count). The van der Waals surface area contributed by atoms with E-state index in [1.165, 1.54) is 5.56 Å². The second kappa shape index (κ2) is 9.70. The van der Waals surface area contributed by atoms with Crippen LogP contribution in [0, 0.1) is 0 Å².